The van der Waals surface area contributed by atoms with Crippen molar-refractivity contribution < 1.29 is 9.59 Å². The molecule has 2 atom stereocenters. The first-order chi connectivity index (χ1) is 10.7. The molecular formula is C18H14BrNO2. The minimum atomic E-state index is -0.146. The van der Waals surface area contributed by atoms with E-state index in [0.29, 0.717) is 12.1 Å². The number of hydrogen-bond donors (Lipinski definition) is 0. The molecule has 0 radical (unpaired) electrons. The number of Topliss-reactive ketones (excluding diaryl/α,β-unsaturated/α-hetero) is 1. The number of ketones is 1. The third-order valence-electron chi connectivity index (χ3n) is 4.49. The van der Waals surface area contributed by atoms with Crippen molar-refractivity contribution in [3.8, 4) is 0 Å². The number of nitrogens with zero attached hydrogens (tertiary/aromatic N) is 1. The zero-order valence-electron chi connectivity index (χ0n) is 11.8. The predicted octanol–water partition coefficient (Wildman–Crippen LogP) is 3.78. The van der Waals surface area contributed by atoms with E-state index in [1.807, 2.05) is 53.4 Å². The van der Waals surface area contributed by atoms with Crippen LogP contribution in [0.25, 0.3) is 0 Å². The van der Waals surface area contributed by atoms with Crippen molar-refractivity contribution in [1.82, 2.24) is 0 Å². The van der Waals surface area contributed by atoms with E-state index in [4.69, 9.17) is 0 Å². The summed E-state index contributed by atoms with van der Waals surface area (Å²) in [7, 11) is 0. The molecular weight excluding hydrogens is 342 g/mol. The van der Waals surface area contributed by atoms with E-state index in [-0.39, 0.29) is 22.4 Å². The van der Waals surface area contributed by atoms with Crippen molar-refractivity contribution in [3.05, 3.63) is 65.2 Å². The highest BCUT2D eigenvalue weighted by Gasteiger charge is 2.41. The van der Waals surface area contributed by atoms with Crippen LogP contribution in [-0.2, 0) is 0 Å². The minimum absolute atomic E-state index is 0.00183. The molecule has 4 rings (SSSR count). The number of carbonyl (C=O) groups excluding carboxylic acids is 2. The van der Waals surface area contributed by atoms with Crippen LogP contribution in [-0.4, -0.2) is 23.1 Å². The van der Waals surface area contributed by atoms with Crippen LogP contribution in [0.3, 0.4) is 0 Å². The van der Waals surface area contributed by atoms with E-state index in [1.165, 1.54) is 0 Å². The van der Waals surface area contributed by atoms with E-state index in [2.05, 4.69) is 15.9 Å². The van der Waals surface area contributed by atoms with Gasteiger partial charge in [-0.3, -0.25) is 9.59 Å². The van der Waals surface area contributed by atoms with Crippen molar-refractivity contribution in [2.24, 2.45) is 0 Å². The Hall–Kier alpha value is -1.94. The number of benzene rings is 2. The summed E-state index contributed by atoms with van der Waals surface area (Å²) in [6.45, 7) is 0.648. The highest BCUT2D eigenvalue weighted by atomic mass is 79.9. The molecule has 2 aromatic rings. The number of halogens is 1. The maximum Gasteiger partial charge on any atom is 0.258 e. The zero-order chi connectivity index (χ0) is 15.3. The minimum Gasteiger partial charge on any atom is -0.307 e. The number of alkyl halides is 1. The largest absolute Gasteiger partial charge is 0.307 e. The molecule has 0 spiro atoms. The van der Waals surface area contributed by atoms with Crippen LogP contribution in [0.1, 0.15) is 38.6 Å². The monoisotopic (exact) mass is 355 g/mol. The lowest BCUT2D eigenvalue weighted by atomic mass is 9.83. The van der Waals surface area contributed by atoms with Crippen LogP contribution in [0.2, 0.25) is 0 Å². The lowest BCUT2D eigenvalue weighted by Crippen LogP contribution is -2.31. The van der Waals surface area contributed by atoms with Gasteiger partial charge in [0.1, 0.15) is 0 Å². The summed E-state index contributed by atoms with van der Waals surface area (Å²) in [6.07, 6.45) is 0.751. The molecule has 4 heteroatoms. The number of carbonyl (C=O) groups is 2. The summed E-state index contributed by atoms with van der Waals surface area (Å²) in [4.78, 5) is 26.8. The Morgan fingerprint density at radius 1 is 1.09 bits per heavy atom. The van der Waals surface area contributed by atoms with Crippen LogP contribution in [0.5, 0.6) is 0 Å². The zero-order valence-corrected chi connectivity index (χ0v) is 13.4. The second-order valence-corrected chi connectivity index (χ2v) is 6.89. The Kier molecular flexibility index (Phi) is 3.15. The molecule has 1 heterocycles. The molecule has 0 unspecified atom stereocenters. The van der Waals surface area contributed by atoms with Gasteiger partial charge in [-0.05, 0) is 30.2 Å². The van der Waals surface area contributed by atoms with Crippen molar-refractivity contribution in [1.29, 1.82) is 0 Å². The van der Waals surface area contributed by atoms with Gasteiger partial charge in [0.05, 0.1) is 4.83 Å². The average Bonchev–Trinajstić information content (AvgIpc) is 2.92. The van der Waals surface area contributed by atoms with Gasteiger partial charge in [0.15, 0.2) is 5.78 Å². The van der Waals surface area contributed by atoms with E-state index < -0.39 is 0 Å². The molecule has 1 aliphatic heterocycles. The number of anilines is 1. The summed E-state index contributed by atoms with van der Waals surface area (Å²) >= 11 is 3.48. The molecule has 0 aromatic heterocycles. The average molecular weight is 356 g/mol. The van der Waals surface area contributed by atoms with Gasteiger partial charge in [0, 0.05) is 29.3 Å². The molecule has 0 saturated carbocycles. The van der Waals surface area contributed by atoms with Gasteiger partial charge in [-0.2, -0.15) is 0 Å². The molecule has 1 amide bonds. The Morgan fingerprint density at radius 3 is 2.64 bits per heavy atom. The van der Waals surface area contributed by atoms with Crippen molar-refractivity contribution in [2.45, 2.75) is 17.2 Å². The van der Waals surface area contributed by atoms with Gasteiger partial charge in [-0.1, -0.05) is 46.3 Å². The van der Waals surface area contributed by atoms with Gasteiger partial charge in [-0.15, -0.1) is 0 Å². The van der Waals surface area contributed by atoms with Crippen LogP contribution in [0.15, 0.2) is 48.5 Å². The lowest BCUT2D eigenvalue weighted by Gasteiger charge is -2.23. The fraction of sp³-hybridized carbons (Fsp3) is 0.222. The van der Waals surface area contributed by atoms with E-state index >= 15 is 0 Å². The van der Waals surface area contributed by atoms with Crippen molar-refractivity contribution >= 4 is 33.3 Å². The van der Waals surface area contributed by atoms with Gasteiger partial charge in [0.2, 0.25) is 0 Å². The SMILES string of the molecule is O=C1c2cccc3c2[C@@H](C[C@H]1Br)CN3C(=O)c1ccccc1. The fourth-order valence-corrected chi connectivity index (χ4v) is 4.19. The van der Waals surface area contributed by atoms with Gasteiger partial charge in [0.25, 0.3) is 5.91 Å². The molecule has 3 nitrogen and oxygen atoms in total. The Morgan fingerprint density at radius 2 is 1.86 bits per heavy atom. The smallest absolute Gasteiger partial charge is 0.258 e. The fourth-order valence-electron chi connectivity index (χ4n) is 3.49. The van der Waals surface area contributed by atoms with Crippen LogP contribution < -0.4 is 4.90 Å². The van der Waals surface area contributed by atoms with E-state index in [1.54, 1.807) is 0 Å². The Labute approximate surface area is 137 Å². The first-order valence-electron chi connectivity index (χ1n) is 7.35. The van der Waals surface area contributed by atoms with Gasteiger partial charge >= 0.3 is 0 Å². The third kappa shape index (κ3) is 1.94. The quantitative estimate of drug-likeness (QED) is 0.730. The highest BCUT2D eigenvalue weighted by Crippen LogP contribution is 2.46. The number of hydrogen-bond acceptors (Lipinski definition) is 2. The maximum atomic E-state index is 12.8. The van der Waals surface area contributed by atoms with E-state index in [0.717, 1.165) is 23.2 Å². The lowest BCUT2D eigenvalue weighted by molar-refractivity contribution is 0.0978. The van der Waals surface area contributed by atoms with Crippen LogP contribution >= 0.6 is 15.9 Å². The van der Waals surface area contributed by atoms with Crippen molar-refractivity contribution in [2.75, 3.05) is 11.4 Å². The highest BCUT2D eigenvalue weighted by molar-refractivity contribution is 9.10. The molecule has 22 heavy (non-hydrogen) atoms. The molecule has 2 aliphatic rings. The molecule has 110 valence electrons. The third-order valence-corrected chi connectivity index (χ3v) is 5.28. The summed E-state index contributed by atoms with van der Waals surface area (Å²) in [5, 5.41) is 0. The van der Waals surface area contributed by atoms with E-state index in [9.17, 15) is 9.59 Å². The Bertz CT molecular complexity index is 772. The maximum absolute atomic E-state index is 12.8. The first kappa shape index (κ1) is 13.7. The first-order valence-corrected chi connectivity index (χ1v) is 8.26. The standard InChI is InChI=1S/C18H14BrNO2/c19-14-9-12-10-20(18(22)11-5-2-1-3-6-11)15-8-4-7-13(16(12)15)17(14)21/h1-8,12,14H,9-10H2/t12-,14+/m0/s1. The predicted molar refractivity (Wildman–Crippen MR) is 89.0 cm³/mol. The summed E-state index contributed by atoms with van der Waals surface area (Å²) < 4.78 is 0. The molecule has 1 aliphatic carbocycles. The molecule has 2 aromatic carbocycles. The van der Waals surface area contributed by atoms with Gasteiger partial charge < -0.3 is 4.90 Å². The molecule has 0 N–H and O–H groups in total. The van der Waals surface area contributed by atoms with Crippen LogP contribution in [0, 0.1) is 0 Å². The molecule has 0 bridgehead atoms. The van der Waals surface area contributed by atoms with Crippen molar-refractivity contribution in [3.63, 3.8) is 0 Å². The molecule has 0 saturated heterocycles. The second-order valence-electron chi connectivity index (χ2n) is 5.78. The topological polar surface area (TPSA) is 37.4 Å². The summed E-state index contributed by atoms with van der Waals surface area (Å²) in [5.41, 5.74) is 3.39. The number of rotatable bonds is 1. The number of amides is 1. The summed E-state index contributed by atoms with van der Waals surface area (Å²) in [6, 6.07) is 15.0. The van der Waals surface area contributed by atoms with Crippen LogP contribution in [0.4, 0.5) is 5.69 Å². The molecule has 0 fully saturated rings. The van der Waals surface area contributed by atoms with Gasteiger partial charge in [-0.25, -0.2) is 0 Å². The summed E-state index contributed by atoms with van der Waals surface area (Å²) in [5.74, 6) is 0.366. The Balaban J connectivity index is 1.79. The normalized spacial score (nSPS) is 22.6. The second kappa shape index (κ2) is 5.06.